The molecule has 2 nitrogen and oxygen atoms in total. The second-order valence-corrected chi connectivity index (χ2v) is 0.851. The second-order valence-electron chi connectivity index (χ2n) is 0.697. The van der Waals surface area contributed by atoms with Gasteiger partial charge < -0.3 is 7.14 Å². The number of carbonyl (C=O) groups is 1. The van der Waals surface area contributed by atoms with Gasteiger partial charge in [-0.1, -0.05) is 0 Å². The SMILES string of the molecule is O=C(OCl)C(F)F.[H-].[H-].[Na+].[Na+]. The van der Waals surface area contributed by atoms with Crippen LogP contribution in [0.5, 0.6) is 0 Å². The quantitative estimate of drug-likeness (QED) is 0.377. The summed E-state index contributed by atoms with van der Waals surface area (Å²) in [4.78, 5) is 9.41. The molecule has 0 amide bonds. The molecule has 0 aromatic carbocycles. The van der Waals surface area contributed by atoms with Gasteiger partial charge in [0.05, 0.1) is 0 Å². The fourth-order valence-corrected chi connectivity index (χ4v) is 0.101. The maximum Gasteiger partial charge on any atom is 1.00 e. The van der Waals surface area contributed by atoms with Gasteiger partial charge in [-0.05, 0) is 0 Å². The predicted octanol–water partition coefficient (Wildman–Crippen LogP) is -4.82. The first-order valence-electron chi connectivity index (χ1n) is 1.29. The van der Waals surface area contributed by atoms with Gasteiger partial charge >= 0.3 is 71.5 Å². The largest absolute Gasteiger partial charge is 1.00 e. The molecule has 0 radical (unpaired) electrons. The van der Waals surface area contributed by atoms with Gasteiger partial charge in [0, 0.05) is 0 Å². The zero-order valence-corrected chi connectivity index (χ0v) is 9.78. The van der Waals surface area contributed by atoms with E-state index in [2.05, 4.69) is 16.2 Å². The number of alkyl halides is 2. The smallest absolute Gasteiger partial charge is 1.00 e. The van der Waals surface area contributed by atoms with Gasteiger partial charge in [0.25, 0.3) is 0 Å². The predicted molar refractivity (Wildman–Crippen MR) is 20.2 cm³/mol. The summed E-state index contributed by atoms with van der Waals surface area (Å²) < 4.78 is 24.8. The number of hydrogen-bond donors (Lipinski definition) is 0. The summed E-state index contributed by atoms with van der Waals surface area (Å²) in [6.45, 7) is 0. The molecule has 0 atom stereocenters. The average molecular weight is 178 g/mol. The number of carbonyl (C=O) groups excluding carboxylic acids is 1. The molecule has 0 bridgehead atoms. The number of halogens is 3. The van der Waals surface area contributed by atoms with Crippen LogP contribution in [-0.2, 0) is 9.08 Å². The minimum Gasteiger partial charge on any atom is -1.00 e. The molecule has 46 valence electrons. The monoisotopic (exact) mass is 178 g/mol. The van der Waals surface area contributed by atoms with Crippen LogP contribution in [0.4, 0.5) is 8.78 Å². The maximum absolute atomic E-state index is 10.9. The van der Waals surface area contributed by atoms with Crippen LogP contribution in [0.15, 0.2) is 0 Å². The van der Waals surface area contributed by atoms with Crippen LogP contribution in [0, 0.1) is 0 Å². The van der Waals surface area contributed by atoms with Crippen LogP contribution >= 0.6 is 11.9 Å². The topological polar surface area (TPSA) is 26.3 Å². The van der Waals surface area contributed by atoms with E-state index in [4.69, 9.17) is 0 Å². The zero-order chi connectivity index (χ0) is 5.86. The Kier molecular flexibility index (Phi) is 18.1. The first-order valence-corrected chi connectivity index (χ1v) is 1.60. The molecule has 0 saturated carbocycles. The zero-order valence-electron chi connectivity index (χ0n) is 7.03. The Morgan fingerprint density at radius 2 is 1.89 bits per heavy atom. The summed E-state index contributed by atoms with van der Waals surface area (Å²) in [7, 11) is 0. The molecule has 0 aliphatic rings. The molecule has 0 saturated heterocycles. The van der Waals surface area contributed by atoms with Gasteiger partial charge in [-0.25, -0.2) is 4.79 Å². The molecule has 0 aliphatic carbocycles. The molecule has 0 rings (SSSR count). The van der Waals surface area contributed by atoms with E-state index in [1.54, 1.807) is 0 Å². The van der Waals surface area contributed by atoms with Crippen molar-refractivity contribution in [3.05, 3.63) is 0 Å². The van der Waals surface area contributed by atoms with Crippen LogP contribution in [-0.4, -0.2) is 12.4 Å². The van der Waals surface area contributed by atoms with E-state index < -0.39 is 12.4 Å². The molecule has 0 aliphatic heterocycles. The summed E-state index contributed by atoms with van der Waals surface area (Å²) in [5.41, 5.74) is 0. The standard InChI is InChI=1S/C2HClF2O2.2Na.2H/c3-7-2(6)1(4)5;;;;/h1H;;;;/q;2*+1;2*-1. The van der Waals surface area contributed by atoms with Gasteiger partial charge in [-0.2, -0.15) is 8.78 Å². The summed E-state index contributed by atoms with van der Waals surface area (Å²) in [5, 5.41) is 0. The van der Waals surface area contributed by atoms with E-state index >= 15 is 0 Å². The Labute approximate surface area is 103 Å². The summed E-state index contributed by atoms with van der Waals surface area (Å²) in [6.07, 6.45) is -3.13. The van der Waals surface area contributed by atoms with Crippen molar-refractivity contribution >= 4 is 17.8 Å². The third-order valence-corrected chi connectivity index (χ3v) is 0.406. The van der Waals surface area contributed by atoms with E-state index in [1.165, 1.54) is 0 Å². The molecule has 0 fully saturated rings. The third-order valence-electron chi connectivity index (χ3n) is 0.254. The Morgan fingerprint density at radius 1 is 1.56 bits per heavy atom. The molecule has 0 unspecified atom stereocenters. The number of rotatable bonds is 1. The minimum atomic E-state index is -3.13. The van der Waals surface area contributed by atoms with Crippen LogP contribution in [0.3, 0.4) is 0 Å². The second kappa shape index (κ2) is 9.62. The molecule has 0 aromatic rings. The van der Waals surface area contributed by atoms with Gasteiger partial charge in [0.2, 0.25) is 0 Å². The molecule has 0 heterocycles. The van der Waals surface area contributed by atoms with Crippen molar-refractivity contribution in [3.63, 3.8) is 0 Å². The summed E-state index contributed by atoms with van der Waals surface area (Å²) >= 11 is 4.22. The normalized spacial score (nSPS) is 7.11. The van der Waals surface area contributed by atoms with E-state index in [1.807, 2.05) is 0 Å². The summed E-state index contributed by atoms with van der Waals surface area (Å²) in [6, 6.07) is 0. The molecule has 0 spiro atoms. The molecule has 0 N–H and O–H groups in total. The Bertz CT molecular complexity index is 88.5. The fourth-order valence-electron chi connectivity index (χ4n) is 0.0337. The minimum absolute atomic E-state index is 0. The van der Waals surface area contributed by atoms with Crippen LogP contribution in [0.25, 0.3) is 0 Å². The van der Waals surface area contributed by atoms with Gasteiger partial charge in [0.15, 0.2) is 0 Å². The van der Waals surface area contributed by atoms with Crippen molar-refractivity contribution < 1.29 is 79.8 Å². The van der Waals surface area contributed by atoms with E-state index in [0.717, 1.165) is 0 Å². The third kappa shape index (κ3) is 9.62. The van der Waals surface area contributed by atoms with Crippen LogP contribution < -0.4 is 59.1 Å². The van der Waals surface area contributed by atoms with E-state index in [-0.39, 0.29) is 62.0 Å². The molecule has 0 aromatic heterocycles. The van der Waals surface area contributed by atoms with Crippen molar-refractivity contribution in [1.29, 1.82) is 0 Å². The Morgan fingerprint density at radius 3 is 1.89 bits per heavy atom. The molecular formula is C2H3ClF2Na2O2. The summed E-state index contributed by atoms with van der Waals surface area (Å²) in [5.74, 6) is -1.72. The molecule has 7 heteroatoms. The Hall–Kier alpha value is 1.62. The first-order chi connectivity index (χ1) is 3.18. The van der Waals surface area contributed by atoms with Crippen molar-refractivity contribution in [2.24, 2.45) is 0 Å². The van der Waals surface area contributed by atoms with E-state index in [9.17, 15) is 13.6 Å². The maximum atomic E-state index is 10.9. The van der Waals surface area contributed by atoms with Crippen LogP contribution in [0.2, 0.25) is 0 Å². The van der Waals surface area contributed by atoms with Crippen LogP contribution in [0.1, 0.15) is 2.85 Å². The first kappa shape index (κ1) is 16.9. The van der Waals surface area contributed by atoms with Crippen molar-refractivity contribution in [3.8, 4) is 0 Å². The van der Waals surface area contributed by atoms with Crippen molar-refractivity contribution in [1.82, 2.24) is 0 Å². The van der Waals surface area contributed by atoms with E-state index in [0.29, 0.717) is 0 Å². The van der Waals surface area contributed by atoms with Gasteiger partial charge in [-0.3, -0.25) is 0 Å². The van der Waals surface area contributed by atoms with Gasteiger partial charge in [-0.15, -0.1) is 0 Å². The number of hydrogen-bond acceptors (Lipinski definition) is 2. The van der Waals surface area contributed by atoms with Gasteiger partial charge in [0.1, 0.15) is 11.9 Å². The molecular weight excluding hydrogens is 175 g/mol. The fraction of sp³-hybridized carbons (Fsp3) is 0.500. The molecule has 9 heavy (non-hydrogen) atoms. The van der Waals surface area contributed by atoms with Crippen molar-refractivity contribution in [2.75, 3.05) is 0 Å². The average Bonchev–Trinajstić information content (AvgIpc) is 1.65. The van der Waals surface area contributed by atoms with Crippen molar-refractivity contribution in [2.45, 2.75) is 6.43 Å². The Balaban J connectivity index is -0.0000000300.